The Bertz CT molecular complexity index is 916. The van der Waals surface area contributed by atoms with E-state index >= 15 is 0 Å². The summed E-state index contributed by atoms with van der Waals surface area (Å²) >= 11 is 5.99. The normalized spacial score (nSPS) is 16.4. The van der Waals surface area contributed by atoms with Crippen molar-refractivity contribution >= 4 is 40.7 Å². The maximum absolute atomic E-state index is 12.4. The van der Waals surface area contributed by atoms with Crippen LogP contribution in [0.3, 0.4) is 0 Å². The van der Waals surface area contributed by atoms with Crippen LogP contribution in [0.2, 0.25) is 5.02 Å². The van der Waals surface area contributed by atoms with Crippen molar-refractivity contribution in [3.8, 4) is 5.75 Å². The van der Waals surface area contributed by atoms with Crippen LogP contribution in [-0.2, 0) is 9.59 Å². The van der Waals surface area contributed by atoms with E-state index in [0.29, 0.717) is 27.7 Å². The predicted octanol–water partition coefficient (Wildman–Crippen LogP) is 2.82. The molecular weight excluding hydrogens is 370 g/mol. The van der Waals surface area contributed by atoms with Crippen LogP contribution >= 0.6 is 11.6 Å². The summed E-state index contributed by atoms with van der Waals surface area (Å²) in [6, 6.07) is 10.7. The van der Waals surface area contributed by atoms with Gasteiger partial charge in [0.15, 0.2) is 6.10 Å². The van der Waals surface area contributed by atoms with E-state index in [2.05, 4.69) is 16.0 Å². The molecule has 27 heavy (non-hydrogen) atoms. The number of hydrogen-bond donors (Lipinski definition) is 3. The molecule has 0 saturated heterocycles. The van der Waals surface area contributed by atoms with Crippen LogP contribution in [0, 0.1) is 0 Å². The first kappa shape index (κ1) is 18.7. The number of carbonyl (C=O) groups is 3. The van der Waals surface area contributed by atoms with Gasteiger partial charge < -0.3 is 20.7 Å². The van der Waals surface area contributed by atoms with Crippen LogP contribution in [0.4, 0.5) is 11.4 Å². The summed E-state index contributed by atoms with van der Waals surface area (Å²) in [5.41, 5.74) is 1.24. The molecule has 140 valence electrons. The molecule has 2 aromatic carbocycles. The Kier molecular flexibility index (Phi) is 5.32. The van der Waals surface area contributed by atoms with E-state index < -0.39 is 24.0 Å². The zero-order valence-electron chi connectivity index (χ0n) is 14.7. The second kappa shape index (κ2) is 7.67. The maximum atomic E-state index is 12.4. The van der Waals surface area contributed by atoms with Gasteiger partial charge in [0.1, 0.15) is 11.8 Å². The standard InChI is InChI=1S/C19H18ClN3O4/c1-10(21-19(26)13-5-3-4-6-14(13)20)17(24)22-12-7-8-16-15(9-12)23-18(25)11(2)27-16/h3-11H,1-2H3,(H,21,26)(H,22,24)(H,23,25)/t10-,11-/m0/s1. The molecule has 3 N–H and O–H groups in total. The summed E-state index contributed by atoms with van der Waals surface area (Å²) < 4.78 is 5.47. The van der Waals surface area contributed by atoms with Gasteiger partial charge in [-0.25, -0.2) is 0 Å². The van der Waals surface area contributed by atoms with Crippen LogP contribution in [-0.4, -0.2) is 29.9 Å². The number of nitrogens with one attached hydrogen (secondary N) is 3. The van der Waals surface area contributed by atoms with E-state index in [1.54, 1.807) is 56.3 Å². The van der Waals surface area contributed by atoms with Gasteiger partial charge in [0.2, 0.25) is 5.91 Å². The molecular formula is C19H18ClN3O4. The van der Waals surface area contributed by atoms with Crippen LogP contribution in [0.5, 0.6) is 5.75 Å². The largest absolute Gasteiger partial charge is 0.479 e. The van der Waals surface area contributed by atoms with Crippen LogP contribution in [0.15, 0.2) is 42.5 Å². The molecule has 0 saturated carbocycles. The molecule has 0 unspecified atom stereocenters. The fourth-order valence-electron chi connectivity index (χ4n) is 2.52. The molecule has 0 aromatic heterocycles. The first-order valence-electron chi connectivity index (χ1n) is 8.33. The highest BCUT2D eigenvalue weighted by atomic mass is 35.5. The van der Waals surface area contributed by atoms with E-state index in [1.807, 2.05) is 0 Å². The van der Waals surface area contributed by atoms with Crippen LogP contribution < -0.4 is 20.7 Å². The molecule has 3 amide bonds. The zero-order valence-corrected chi connectivity index (χ0v) is 15.5. The molecule has 1 aliphatic heterocycles. The highest BCUT2D eigenvalue weighted by Crippen LogP contribution is 2.32. The topological polar surface area (TPSA) is 96.5 Å². The molecule has 7 nitrogen and oxygen atoms in total. The smallest absolute Gasteiger partial charge is 0.265 e. The summed E-state index contributed by atoms with van der Waals surface area (Å²) in [7, 11) is 0. The van der Waals surface area contributed by atoms with Crippen molar-refractivity contribution in [3.05, 3.63) is 53.1 Å². The van der Waals surface area contributed by atoms with Gasteiger partial charge in [-0.15, -0.1) is 0 Å². The summed E-state index contributed by atoms with van der Waals surface area (Å²) in [6.07, 6.45) is -0.571. The van der Waals surface area contributed by atoms with Crippen molar-refractivity contribution in [1.29, 1.82) is 0 Å². The minimum atomic E-state index is -0.796. The number of benzene rings is 2. The summed E-state index contributed by atoms with van der Waals surface area (Å²) in [5, 5.41) is 8.32. The van der Waals surface area contributed by atoms with Crippen molar-refractivity contribution in [2.45, 2.75) is 26.0 Å². The molecule has 0 radical (unpaired) electrons. The van der Waals surface area contributed by atoms with Crippen molar-refractivity contribution < 1.29 is 19.1 Å². The van der Waals surface area contributed by atoms with Gasteiger partial charge in [0.25, 0.3) is 11.8 Å². The first-order valence-corrected chi connectivity index (χ1v) is 8.71. The SMILES string of the molecule is C[C@H](NC(=O)c1ccccc1Cl)C(=O)Nc1ccc2c(c1)NC(=O)[C@H](C)O2. The number of rotatable bonds is 4. The Morgan fingerprint density at radius 1 is 1.22 bits per heavy atom. The fourth-order valence-corrected chi connectivity index (χ4v) is 2.74. The lowest BCUT2D eigenvalue weighted by atomic mass is 10.2. The lowest BCUT2D eigenvalue weighted by molar-refractivity contribution is -0.122. The summed E-state index contributed by atoms with van der Waals surface area (Å²) in [6.45, 7) is 3.21. The lowest BCUT2D eigenvalue weighted by Crippen LogP contribution is -2.41. The molecule has 0 bridgehead atoms. The van der Waals surface area contributed by atoms with E-state index in [9.17, 15) is 14.4 Å². The second-order valence-corrected chi connectivity index (χ2v) is 6.53. The molecule has 3 rings (SSSR count). The highest BCUT2D eigenvalue weighted by Gasteiger charge is 2.24. The Balaban J connectivity index is 1.65. The average molecular weight is 388 g/mol. The molecule has 0 spiro atoms. The molecule has 2 atom stereocenters. The second-order valence-electron chi connectivity index (χ2n) is 6.12. The monoisotopic (exact) mass is 387 g/mol. The van der Waals surface area contributed by atoms with E-state index in [-0.39, 0.29) is 5.91 Å². The molecule has 1 heterocycles. The maximum Gasteiger partial charge on any atom is 0.265 e. The van der Waals surface area contributed by atoms with Gasteiger partial charge in [-0.1, -0.05) is 23.7 Å². The van der Waals surface area contributed by atoms with Crippen molar-refractivity contribution in [2.75, 3.05) is 10.6 Å². The Morgan fingerprint density at radius 3 is 2.70 bits per heavy atom. The van der Waals surface area contributed by atoms with Crippen LogP contribution in [0.25, 0.3) is 0 Å². The molecule has 1 aliphatic rings. The number of carbonyl (C=O) groups excluding carboxylic acids is 3. The first-order chi connectivity index (χ1) is 12.8. The molecule has 2 aromatic rings. The van der Waals surface area contributed by atoms with Crippen molar-refractivity contribution in [1.82, 2.24) is 5.32 Å². The van der Waals surface area contributed by atoms with E-state index in [0.717, 1.165) is 0 Å². The minimum absolute atomic E-state index is 0.258. The summed E-state index contributed by atoms with van der Waals surface area (Å²) in [4.78, 5) is 36.3. The number of halogens is 1. The Labute approximate surface area is 161 Å². The highest BCUT2D eigenvalue weighted by molar-refractivity contribution is 6.33. The molecule has 0 fully saturated rings. The quantitative estimate of drug-likeness (QED) is 0.751. The van der Waals surface area contributed by atoms with Gasteiger partial charge in [-0.05, 0) is 44.2 Å². The number of fused-ring (bicyclic) bond motifs is 1. The van der Waals surface area contributed by atoms with Crippen LogP contribution in [0.1, 0.15) is 24.2 Å². The van der Waals surface area contributed by atoms with Gasteiger partial charge in [0.05, 0.1) is 16.3 Å². The predicted molar refractivity (Wildman–Crippen MR) is 102 cm³/mol. The number of amides is 3. The molecule has 8 heteroatoms. The zero-order chi connectivity index (χ0) is 19.6. The van der Waals surface area contributed by atoms with E-state index in [1.165, 1.54) is 0 Å². The third kappa shape index (κ3) is 4.20. The molecule has 0 aliphatic carbocycles. The van der Waals surface area contributed by atoms with Gasteiger partial charge in [-0.2, -0.15) is 0 Å². The fraction of sp³-hybridized carbons (Fsp3) is 0.211. The van der Waals surface area contributed by atoms with Gasteiger partial charge >= 0.3 is 0 Å². The average Bonchev–Trinajstić information content (AvgIpc) is 2.63. The Hall–Kier alpha value is -3.06. The number of hydrogen-bond acceptors (Lipinski definition) is 4. The Morgan fingerprint density at radius 2 is 1.96 bits per heavy atom. The van der Waals surface area contributed by atoms with E-state index in [4.69, 9.17) is 16.3 Å². The van der Waals surface area contributed by atoms with Gasteiger partial charge in [0, 0.05) is 5.69 Å². The van der Waals surface area contributed by atoms with Gasteiger partial charge in [-0.3, -0.25) is 14.4 Å². The van der Waals surface area contributed by atoms with Crippen molar-refractivity contribution in [3.63, 3.8) is 0 Å². The number of anilines is 2. The number of ether oxygens (including phenoxy) is 1. The third-order valence-corrected chi connectivity index (χ3v) is 4.37. The minimum Gasteiger partial charge on any atom is -0.479 e. The van der Waals surface area contributed by atoms with Crippen molar-refractivity contribution in [2.24, 2.45) is 0 Å². The third-order valence-electron chi connectivity index (χ3n) is 4.04. The summed E-state index contributed by atoms with van der Waals surface area (Å²) in [5.74, 6) is -0.582. The lowest BCUT2D eigenvalue weighted by Gasteiger charge is -2.24.